The van der Waals surface area contributed by atoms with Gasteiger partial charge in [-0.3, -0.25) is 4.79 Å². The van der Waals surface area contributed by atoms with Crippen LogP contribution in [0.25, 0.3) is 0 Å². The Kier molecular flexibility index (Phi) is 5.94. The van der Waals surface area contributed by atoms with Gasteiger partial charge in [0.1, 0.15) is 0 Å². The van der Waals surface area contributed by atoms with Crippen LogP contribution in [0.1, 0.15) is 10.5 Å². The normalized spacial score (nSPS) is 10.1. The topological polar surface area (TPSA) is 82.2 Å². The first-order valence-electron chi connectivity index (χ1n) is 8.05. The van der Waals surface area contributed by atoms with Gasteiger partial charge in [0.25, 0.3) is 5.91 Å². The van der Waals surface area contributed by atoms with Crippen molar-refractivity contribution >= 4 is 57.5 Å². The molecule has 9 heteroatoms. The van der Waals surface area contributed by atoms with Crippen molar-refractivity contribution in [3.05, 3.63) is 59.6 Å². The molecule has 0 bridgehead atoms. The number of rotatable bonds is 5. The smallest absolute Gasteiger partial charge is 0.277 e. The molecule has 1 amide bonds. The standard InChI is InChI=1S/C18H18N6OS2/c1-24(2)15-5-3-4-14(10-15)21-18(26)20-13-8-6-12(7-9-13)19-17(25)16-11-27-23-22-16/h3-11H,1-2H3,(H,19,25)(H2,20,21,26). The Morgan fingerprint density at radius 1 is 1.00 bits per heavy atom. The van der Waals surface area contributed by atoms with Crippen LogP contribution in [0, 0.1) is 0 Å². The second-order valence-corrected chi connectivity index (χ2v) is 6.86. The molecule has 0 spiro atoms. The first-order chi connectivity index (χ1) is 13.0. The van der Waals surface area contributed by atoms with Crippen LogP contribution in [0.2, 0.25) is 0 Å². The first-order valence-corrected chi connectivity index (χ1v) is 9.29. The Hall–Kier alpha value is -3.04. The fourth-order valence-electron chi connectivity index (χ4n) is 2.25. The van der Waals surface area contributed by atoms with Crippen molar-refractivity contribution in [2.45, 2.75) is 0 Å². The number of benzene rings is 2. The quantitative estimate of drug-likeness (QED) is 0.566. The number of nitrogens with one attached hydrogen (secondary N) is 3. The summed E-state index contributed by atoms with van der Waals surface area (Å²) in [6.07, 6.45) is 0. The molecule has 0 saturated heterocycles. The van der Waals surface area contributed by atoms with Crippen LogP contribution in [0.3, 0.4) is 0 Å². The zero-order valence-corrected chi connectivity index (χ0v) is 16.4. The summed E-state index contributed by atoms with van der Waals surface area (Å²) >= 11 is 6.50. The van der Waals surface area contributed by atoms with E-state index in [9.17, 15) is 4.79 Å². The maximum Gasteiger partial charge on any atom is 0.277 e. The van der Waals surface area contributed by atoms with E-state index in [2.05, 4.69) is 25.5 Å². The molecule has 0 aliphatic carbocycles. The lowest BCUT2D eigenvalue weighted by Crippen LogP contribution is -2.19. The van der Waals surface area contributed by atoms with E-state index in [1.165, 1.54) is 0 Å². The summed E-state index contributed by atoms with van der Waals surface area (Å²) in [6.45, 7) is 0. The second kappa shape index (κ2) is 8.56. The van der Waals surface area contributed by atoms with Gasteiger partial charge in [0, 0.05) is 42.2 Å². The maximum atomic E-state index is 12.0. The second-order valence-electron chi connectivity index (χ2n) is 5.85. The molecule has 2 aromatic carbocycles. The highest BCUT2D eigenvalue weighted by Gasteiger charge is 2.09. The Morgan fingerprint density at radius 3 is 2.30 bits per heavy atom. The number of nitrogens with zero attached hydrogens (tertiary/aromatic N) is 3. The number of thiocarbonyl (C=S) groups is 1. The summed E-state index contributed by atoms with van der Waals surface area (Å²) < 4.78 is 3.68. The Bertz CT molecular complexity index is 925. The van der Waals surface area contributed by atoms with Crippen LogP contribution < -0.4 is 20.9 Å². The van der Waals surface area contributed by atoms with E-state index in [1.807, 2.05) is 55.4 Å². The van der Waals surface area contributed by atoms with Gasteiger partial charge in [-0.25, -0.2) is 0 Å². The highest BCUT2D eigenvalue weighted by Crippen LogP contribution is 2.18. The minimum atomic E-state index is -0.289. The molecule has 3 N–H and O–H groups in total. The van der Waals surface area contributed by atoms with Gasteiger partial charge in [-0.15, -0.1) is 5.10 Å². The molecule has 3 rings (SSSR count). The van der Waals surface area contributed by atoms with Crippen molar-refractivity contribution in [2.75, 3.05) is 34.9 Å². The molecule has 3 aromatic rings. The maximum absolute atomic E-state index is 12.0. The van der Waals surface area contributed by atoms with Crippen LogP contribution in [0.15, 0.2) is 53.9 Å². The number of amides is 1. The molecule has 0 saturated carbocycles. The number of hydrogen-bond donors (Lipinski definition) is 3. The molecular weight excluding hydrogens is 380 g/mol. The minimum Gasteiger partial charge on any atom is -0.378 e. The van der Waals surface area contributed by atoms with E-state index < -0.39 is 0 Å². The third-order valence-corrected chi connectivity index (χ3v) is 4.32. The average molecular weight is 399 g/mol. The zero-order valence-electron chi connectivity index (χ0n) is 14.8. The summed E-state index contributed by atoms with van der Waals surface area (Å²) in [7, 11) is 3.97. The van der Waals surface area contributed by atoms with Crippen molar-refractivity contribution in [1.29, 1.82) is 0 Å². The molecule has 0 atom stereocenters. The van der Waals surface area contributed by atoms with E-state index in [0.29, 0.717) is 16.5 Å². The number of hydrogen-bond acceptors (Lipinski definition) is 6. The predicted octanol–water partition coefficient (Wildman–Crippen LogP) is 3.67. The summed E-state index contributed by atoms with van der Waals surface area (Å²) in [5, 5.41) is 14.9. The largest absolute Gasteiger partial charge is 0.378 e. The van der Waals surface area contributed by atoms with Crippen molar-refractivity contribution in [3.8, 4) is 0 Å². The number of anilines is 4. The molecule has 138 valence electrons. The van der Waals surface area contributed by atoms with Crippen LogP contribution in [-0.2, 0) is 0 Å². The van der Waals surface area contributed by atoms with Gasteiger partial charge in [0.05, 0.1) is 0 Å². The lowest BCUT2D eigenvalue weighted by molar-refractivity contribution is 0.102. The first kappa shape index (κ1) is 18.7. The van der Waals surface area contributed by atoms with Gasteiger partial charge in [0.2, 0.25) is 0 Å². The molecule has 0 aliphatic rings. The Labute approximate surface area is 166 Å². The summed E-state index contributed by atoms with van der Waals surface area (Å²) in [5.41, 5.74) is 3.76. The van der Waals surface area contributed by atoms with Gasteiger partial charge in [-0.1, -0.05) is 10.6 Å². The van der Waals surface area contributed by atoms with E-state index in [4.69, 9.17) is 12.2 Å². The SMILES string of the molecule is CN(C)c1cccc(NC(=S)Nc2ccc(NC(=O)c3csnn3)cc2)c1. The third kappa shape index (κ3) is 5.22. The van der Waals surface area contributed by atoms with Gasteiger partial charge in [0.15, 0.2) is 10.8 Å². The highest BCUT2D eigenvalue weighted by atomic mass is 32.1. The van der Waals surface area contributed by atoms with E-state index in [-0.39, 0.29) is 5.91 Å². The van der Waals surface area contributed by atoms with Crippen molar-refractivity contribution in [1.82, 2.24) is 9.59 Å². The van der Waals surface area contributed by atoms with Gasteiger partial charge >= 0.3 is 0 Å². The molecular formula is C18H18N6OS2. The molecule has 1 heterocycles. The van der Waals surface area contributed by atoms with E-state index in [1.54, 1.807) is 17.5 Å². The van der Waals surface area contributed by atoms with Gasteiger partial charge < -0.3 is 20.9 Å². The molecule has 0 fully saturated rings. The molecule has 1 aromatic heterocycles. The minimum absolute atomic E-state index is 0.289. The molecule has 0 unspecified atom stereocenters. The van der Waals surface area contributed by atoms with Crippen LogP contribution in [0.4, 0.5) is 22.7 Å². The molecule has 7 nitrogen and oxygen atoms in total. The van der Waals surface area contributed by atoms with Gasteiger partial charge in [-0.2, -0.15) is 0 Å². The summed E-state index contributed by atoms with van der Waals surface area (Å²) in [4.78, 5) is 14.0. The van der Waals surface area contributed by atoms with E-state index in [0.717, 1.165) is 28.6 Å². The molecule has 0 radical (unpaired) electrons. The highest BCUT2D eigenvalue weighted by molar-refractivity contribution is 7.80. The Morgan fingerprint density at radius 2 is 1.67 bits per heavy atom. The van der Waals surface area contributed by atoms with Gasteiger partial charge in [-0.05, 0) is 66.2 Å². The summed E-state index contributed by atoms with van der Waals surface area (Å²) in [5.74, 6) is -0.289. The van der Waals surface area contributed by atoms with Crippen LogP contribution in [0.5, 0.6) is 0 Å². The van der Waals surface area contributed by atoms with Crippen molar-refractivity contribution < 1.29 is 4.79 Å². The third-order valence-electron chi connectivity index (χ3n) is 3.61. The fraction of sp³-hybridized carbons (Fsp3) is 0.111. The predicted molar refractivity (Wildman–Crippen MR) is 115 cm³/mol. The monoisotopic (exact) mass is 398 g/mol. The Balaban J connectivity index is 1.57. The lowest BCUT2D eigenvalue weighted by atomic mass is 10.2. The number of aromatic nitrogens is 2. The number of carbonyl (C=O) groups excluding carboxylic acids is 1. The molecule has 27 heavy (non-hydrogen) atoms. The zero-order chi connectivity index (χ0) is 19.2. The average Bonchev–Trinajstić information content (AvgIpc) is 3.18. The van der Waals surface area contributed by atoms with E-state index >= 15 is 0 Å². The van der Waals surface area contributed by atoms with Crippen LogP contribution in [-0.4, -0.2) is 34.7 Å². The molecule has 0 aliphatic heterocycles. The van der Waals surface area contributed by atoms with Crippen LogP contribution >= 0.6 is 23.8 Å². The summed E-state index contributed by atoms with van der Waals surface area (Å²) in [6, 6.07) is 15.2. The number of carbonyl (C=O) groups is 1. The lowest BCUT2D eigenvalue weighted by Gasteiger charge is -2.15. The fourth-order valence-corrected chi connectivity index (χ4v) is 2.92. The van der Waals surface area contributed by atoms with Crippen molar-refractivity contribution in [3.63, 3.8) is 0 Å². The van der Waals surface area contributed by atoms with Crippen molar-refractivity contribution in [2.24, 2.45) is 0 Å².